The van der Waals surface area contributed by atoms with Crippen LogP contribution < -0.4 is 14.6 Å². The molecule has 3 aliphatic carbocycles. The molecule has 0 radical (unpaired) electrons. The fourth-order valence-electron chi connectivity index (χ4n) is 6.24. The Kier molecular flexibility index (Phi) is 5.81. The van der Waals surface area contributed by atoms with E-state index < -0.39 is 16.3 Å². The number of rotatable bonds is 5. The summed E-state index contributed by atoms with van der Waals surface area (Å²) >= 11 is 5.58. The third kappa shape index (κ3) is 3.83. The Morgan fingerprint density at radius 2 is 2.00 bits per heavy atom. The van der Waals surface area contributed by atoms with Crippen LogP contribution in [-0.4, -0.2) is 33.5 Å². The zero-order chi connectivity index (χ0) is 21.7. The molecule has 2 N–H and O–H groups in total. The maximum Gasteiger partial charge on any atom is 0.333 e. The molecule has 0 saturated heterocycles. The van der Waals surface area contributed by atoms with Crippen molar-refractivity contribution in [3.63, 3.8) is 0 Å². The van der Waals surface area contributed by atoms with Gasteiger partial charge in [0.05, 0.1) is 13.2 Å². The van der Waals surface area contributed by atoms with Gasteiger partial charge in [-0.1, -0.05) is 6.92 Å². The Hall–Kier alpha value is -1.35. The van der Waals surface area contributed by atoms with E-state index in [2.05, 4.69) is 6.92 Å². The van der Waals surface area contributed by atoms with Crippen LogP contribution in [0.1, 0.15) is 56.1 Å². The second-order valence-electron chi connectivity index (χ2n) is 8.92. The first-order valence-corrected chi connectivity index (χ1v) is 12.4. The minimum Gasteiger partial charge on any atom is -0.493 e. The van der Waals surface area contributed by atoms with Crippen LogP contribution in [0.25, 0.3) is 0 Å². The van der Waals surface area contributed by atoms with Crippen LogP contribution in [0.5, 0.6) is 11.5 Å². The summed E-state index contributed by atoms with van der Waals surface area (Å²) in [5, 5.41) is 5.17. The lowest BCUT2D eigenvalue weighted by Crippen LogP contribution is -2.45. The molecular formula is C21H28ClNO6S. The predicted molar refractivity (Wildman–Crippen MR) is 112 cm³/mol. The molecule has 3 aliphatic rings. The molecule has 30 heavy (non-hydrogen) atoms. The summed E-state index contributed by atoms with van der Waals surface area (Å²) in [6.45, 7) is 2.15. The van der Waals surface area contributed by atoms with Gasteiger partial charge in [-0.3, -0.25) is 8.98 Å². The Morgan fingerprint density at radius 3 is 2.67 bits per heavy atom. The quantitative estimate of drug-likeness (QED) is 0.413. The van der Waals surface area contributed by atoms with E-state index in [9.17, 15) is 13.2 Å². The van der Waals surface area contributed by atoms with Crippen LogP contribution >= 0.6 is 11.6 Å². The van der Waals surface area contributed by atoms with Gasteiger partial charge in [-0.15, -0.1) is 11.6 Å². The molecule has 9 heteroatoms. The summed E-state index contributed by atoms with van der Waals surface area (Å²) in [6, 6.07) is 3.91. The van der Waals surface area contributed by atoms with Crippen molar-refractivity contribution >= 4 is 27.9 Å². The third-order valence-electron chi connectivity index (χ3n) is 7.51. The maximum atomic E-state index is 11.7. The fraction of sp³-hybridized carbons (Fsp3) is 0.667. The molecule has 4 rings (SSSR count). The molecular weight excluding hydrogens is 430 g/mol. The molecule has 2 fully saturated rings. The summed E-state index contributed by atoms with van der Waals surface area (Å²) < 4.78 is 39.2. The Balaban J connectivity index is 1.62. The number of fused-ring (bicyclic) bond motifs is 5. The van der Waals surface area contributed by atoms with Gasteiger partial charge in [0.1, 0.15) is 5.88 Å². The second-order valence-corrected chi connectivity index (χ2v) is 10.4. The predicted octanol–water partition coefficient (Wildman–Crippen LogP) is 3.28. The average Bonchev–Trinajstić information content (AvgIpc) is 3.01. The zero-order valence-electron chi connectivity index (χ0n) is 17.2. The molecule has 0 heterocycles. The van der Waals surface area contributed by atoms with E-state index in [1.54, 1.807) is 7.11 Å². The number of carbonyl (C=O) groups is 1. The van der Waals surface area contributed by atoms with E-state index in [4.69, 9.17) is 30.4 Å². The topological polar surface area (TPSA) is 105 Å². The highest BCUT2D eigenvalue weighted by molar-refractivity contribution is 7.84. The first-order valence-electron chi connectivity index (χ1n) is 10.3. The van der Waals surface area contributed by atoms with E-state index in [-0.39, 0.29) is 17.4 Å². The minimum atomic E-state index is -3.97. The SMILES string of the molecule is COc1cc2c(cc1OC(=O)CCl)CCC1C2CC[C@@]2(C)C1CC[C@@H]2OS(N)(=O)=O. The molecule has 0 aromatic heterocycles. The zero-order valence-corrected chi connectivity index (χ0v) is 18.8. The highest BCUT2D eigenvalue weighted by Gasteiger charge is 2.56. The molecule has 166 valence electrons. The average molecular weight is 458 g/mol. The van der Waals surface area contributed by atoms with Crippen molar-refractivity contribution in [2.75, 3.05) is 13.0 Å². The number of ether oxygens (including phenoxy) is 2. The van der Waals surface area contributed by atoms with E-state index >= 15 is 0 Å². The lowest BCUT2D eigenvalue weighted by Gasteiger charge is -2.50. The molecule has 0 aliphatic heterocycles. The van der Waals surface area contributed by atoms with Gasteiger partial charge in [-0.2, -0.15) is 8.42 Å². The number of benzene rings is 1. The molecule has 7 nitrogen and oxygen atoms in total. The smallest absolute Gasteiger partial charge is 0.333 e. The number of alkyl halides is 1. The van der Waals surface area contributed by atoms with Crippen LogP contribution in [-0.2, 0) is 25.7 Å². The minimum absolute atomic E-state index is 0.189. The Bertz CT molecular complexity index is 951. The monoisotopic (exact) mass is 457 g/mol. The number of carbonyl (C=O) groups excluding carboxylic acids is 1. The standard InChI is InChI=1S/C21H28ClNO6S/c1-21-8-7-13-14(16(21)5-6-19(21)29-30(23,25)26)4-3-12-9-18(28-20(24)11-22)17(27-2)10-15(12)13/h9-10,13-14,16,19H,3-8,11H2,1-2H3,(H2,23,25,26)/t13?,14?,16?,19-,21-/m0/s1. The largest absolute Gasteiger partial charge is 0.493 e. The number of nitrogens with two attached hydrogens (primary N) is 1. The van der Waals surface area contributed by atoms with Gasteiger partial charge in [-0.25, -0.2) is 5.14 Å². The number of esters is 1. The number of methoxy groups -OCH3 is 1. The molecule has 3 unspecified atom stereocenters. The third-order valence-corrected chi connectivity index (χ3v) is 8.22. The second kappa shape index (κ2) is 7.97. The van der Waals surface area contributed by atoms with Crippen molar-refractivity contribution in [1.29, 1.82) is 0 Å². The maximum absolute atomic E-state index is 11.7. The van der Waals surface area contributed by atoms with Crippen LogP contribution in [0.4, 0.5) is 0 Å². The Morgan fingerprint density at radius 1 is 1.23 bits per heavy atom. The molecule has 1 aromatic rings. The number of hydrogen-bond donors (Lipinski definition) is 1. The first kappa shape index (κ1) is 21.9. The lowest BCUT2D eigenvalue weighted by molar-refractivity contribution is -0.131. The number of halogens is 1. The highest BCUT2D eigenvalue weighted by atomic mass is 35.5. The van der Waals surface area contributed by atoms with E-state index in [0.717, 1.165) is 32.1 Å². The highest BCUT2D eigenvalue weighted by Crippen LogP contribution is 2.62. The summed E-state index contributed by atoms with van der Waals surface area (Å²) in [4.78, 5) is 11.7. The van der Waals surface area contributed by atoms with Gasteiger partial charge in [0.25, 0.3) is 0 Å². The van der Waals surface area contributed by atoms with Gasteiger partial charge in [0, 0.05) is 0 Å². The summed E-state index contributed by atoms with van der Waals surface area (Å²) in [6.07, 6.45) is 5.00. The van der Waals surface area contributed by atoms with Crippen LogP contribution in [0.3, 0.4) is 0 Å². The normalized spacial score (nSPS) is 32.7. The molecule has 2 saturated carbocycles. The van der Waals surface area contributed by atoms with Crippen molar-refractivity contribution in [3.05, 3.63) is 23.3 Å². The first-order chi connectivity index (χ1) is 14.2. The fourth-order valence-corrected chi connectivity index (χ4v) is 6.93. The summed E-state index contributed by atoms with van der Waals surface area (Å²) in [5.74, 6) is 1.41. The van der Waals surface area contributed by atoms with Crippen LogP contribution in [0.2, 0.25) is 0 Å². The van der Waals surface area contributed by atoms with Gasteiger partial charge in [-0.05, 0) is 85.0 Å². The lowest BCUT2D eigenvalue weighted by atomic mass is 9.55. The van der Waals surface area contributed by atoms with Crippen molar-refractivity contribution in [2.24, 2.45) is 22.4 Å². The van der Waals surface area contributed by atoms with Crippen molar-refractivity contribution < 1.29 is 26.9 Å². The van der Waals surface area contributed by atoms with E-state index in [1.807, 2.05) is 12.1 Å². The van der Waals surface area contributed by atoms with Crippen molar-refractivity contribution in [1.82, 2.24) is 0 Å². The van der Waals surface area contributed by atoms with Crippen molar-refractivity contribution in [3.8, 4) is 11.5 Å². The summed E-state index contributed by atoms with van der Waals surface area (Å²) in [5.41, 5.74) is 2.23. The molecule has 5 atom stereocenters. The van der Waals surface area contributed by atoms with Crippen molar-refractivity contribution in [2.45, 2.75) is 57.5 Å². The van der Waals surface area contributed by atoms with E-state index in [1.165, 1.54) is 11.1 Å². The molecule has 0 spiro atoms. The molecule has 0 amide bonds. The van der Waals surface area contributed by atoms with Crippen LogP contribution in [0.15, 0.2) is 12.1 Å². The number of hydrogen-bond acceptors (Lipinski definition) is 6. The summed E-state index contributed by atoms with van der Waals surface area (Å²) in [7, 11) is -2.41. The van der Waals surface area contributed by atoms with Gasteiger partial charge < -0.3 is 9.47 Å². The molecule has 0 bridgehead atoms. The number of aryl methyl sites for hydroxylation is 1. The van der Waals surface area contributed by atoms with Gasteiger partial charge >= 0.3 is 16.3 Å². The van der Waals surface area contributed by atoms with Gasteiger partial charge in [0.2, 0.25) is 0 Å². The molecule has 1 aromatic carbocycles. The Labute approximate surface area is 182 Å². The van der Waals surface area contributed by atoms with Gasteiger partial charge in [0.15, 0.2) is 11.5 Å². The van der Waals surface area contributed by atoms with Crippen LogP contribution in [0, 0.1) is 17.3 Å². The van der Waals surface area contributed by atoms with E-state index in [0.29, 0.717) is 35.7 Å².